The molecule has 4 nitrogen and oxygen atoms in total. The number of thiophene rings is 1. The maximum atomic E-state index is 5.78. The highest BCUT2D eigenvalue weighted by atomic mass is 35.5. The summed E-state index contributed by atoms with van der Waals surface area (Å²) in [5, 5.41) is 13.6. The smallest absolute Gasteiger partial charge is 0.166 e. The number of rotatable bonds is 4. The minimum Gasteiger partial charge on any atom is -0.220 e. The van der Waals surface area contributed by atoms with Gasteiger partial charge in [0.05, 0.1) is 11.9 Å². The molecule has 0 aromatic carbocycles. The topological polar surface area (TPSA) is 43.6 Å². The Bertz CT molecular complexity index is 411. The summed E-state index contributed by atoms with van der Waals surface area (Å²) in [6, 6.07) is 4.33. The van der Waals surface area contributed by atoms with Crippen LogP contribution in [0, 0.1) is 0 Å². The normalized spacial score (nSPS) is 12.9. The number of tetrazole rings is 1. The van der Waals surface area contributed by atoms with Crippen molar-refractivity contribution < 1.29 is 0 Å². The lowest BCUT2D eigenvalue weighted by molar-refractivity contribution is 0.488. The van der Waals surface area contributed by atoms with E-state index in [0.717, 1.165) is 12.2 Å². The maximum Gasteiger partial charge on any atom is 0.166 e. The average molecular weight is 243 g/mol. The Morgan fingerprint density at radius 1 is 1.60 bits per heavy atom. The molecule has 0 saturated carbocycles. The Balaban J connectivity index is 2.35. The molecule has 0 saturated heterocycles. The fraction of sp³-hybridized carbons (Fsp3) is 0.444. The van der Waals surface area contributed by atoms with Crippen LogP contribution in [0.2, 0.25) is 0 Å². The standard InChI is InChI=1S/C9H11ClN4S/c1-2-7(8-4-3-5-15-8)14-9(6-10)11-12-13-14/h3-5,7H,2,6H2,1H3. The minimum absolute atomic E-state index is 0.203. The van der Waals surface area contributed by atoms with Gasteiger partial charge in [-0.25, -0.2) is 4.68 Å². The number of aromatic nitrogens is 4. The molecule has 6 heteroatoms. The van der Waals surface area contributed by atoms with E-state index in [1.165, 1.54) is 4.88 Å². The molecule has 15 heavy (non-hydrogen) atoms. The van der Waals surface area contributed by atoms with Crippen LogP contribution in [0.25, 0.3) is 0 Å². The van der Waals surface area contributed by atoms with Gasteiger partial charge in [0.15, 0.2) is 5.82 Å². The number of hydrogen-bond donors (Lipinski definition) is 0. The first-order chi connectivity index (χ1) is 7.36. The van der Waals surface area contributed by atoms with Gasteiger partial charge in [-0.05, 0) is 28.3 Å². The third kappa shape index (κ3) is 2.03. The molecule has 2 aromatic heterocycles. The Hall–Kier alpha value is -0.940. The summed E-state index contributed by atoms with van der Waals surface area (Å²) in [4.78, 5) is 1.26. The molecule has 0 aliphatic carbocycles. The molecular formula is C9H11ClN4S. The molecule has 2 rings (SSSR count). The van der Waals surface area contributed by atoms with E-state index in [4.69, 9.17) is 11.6 Å². The zero-order chi connectivity index (χ0) is 10.7. The zero-order valence-electron chi connectivity index (χ0n) is 8.30. The molecule has 0 amide bonds. The summed E-state index contributed by atoms with van der Waals surface area (Å²) in [5.41, 5.74) is 0. The molecule has 0 radical (unpaired) electrons. The number of alkyl halides is 1. The molecule has 0 N–H and O–H groups in total. The van der Waals surface area contributed by atoms with E-state index in [2.05, 4.69) is 33.9 Å². The summed E-state index contributed by atoms with van der Waals surface area (Å²) in [5.74, 6) is 1.06. The van der Waals surface area contributed by atoms with Gasteiger partial charge in [-0.15, -0.1) is 28.0 Å². The highest BCUT2D eigenvalue weighted by Gasteiger charge is 2.17. The quantitative estimate of drug-likeness (QED) is 0.774. The summed E-state index contributed by atoms with van der Waals surface area (Å²) in [6.45, 7) is 2.12. The van der Waals surface area contributed by atoms with Crippen LogP contribution in [0.1, 0.15) is 30.1 Å². The van der Waals surface area contributed by atoms with Crippen molar-refractivity contribution in [1.82, 2.24) is 20.2 Å². The van der Waals surface area contributed by atoms with Crippen molar-refractivity contribution in [3.05, 3.63) is 28.2 Å². The van der Waals surface area contributed by atoms with Gasteiger partial charge in [-0.1, -0.05) is 13.0 Å². The van der Waals surface area contributed by atoms with Gasteiger partial charge in [0.25, 0.3) is 0 Å². The second-order valence-corrected chi connectivity index (χ2v) is 4.36. The van der Waals surface area contributed by atoms with Crippen LogP contribution in [0.15, 0.2) is 17.5 Å². The first-order valence-electron chi connectivity index (χ1n) is 4.73. The van der Waals surface area contributed by atoms with E-state index in [0.29, 0.717) is 5.88 Å². The van der Waals surface area contributed by atoms with E-state index >= 15 is 0 Å². The van der Waals surface area contributed by atoms with Gasteiger partial charge in [-0.3, -0.25) is 0 Å². The van der Waals surface area contributed by atoms with E-state index in [1.54, 1.807) is 16.0 Å². The van der Waals surface area contributed by atoms with Gasteiger partial charge >= 0.3 is 0 Å². The lowest BCUT2D eigenvalue weighted by Crippen LogP contribution is -2.13. The van der Waals surface area contributed by atoms with Crippen LogP contribution in [0.5, 0.6) is 0 Å². The molecule has 0 aliphatic heterocycles. The first kappa shape index (κ1) is 10.6. The predicted molar refractivity (Wildman–Crippen MR) is 60.1 cm³/mol. The van der Waals surface area contributed by atoms with Crippen LogP contribution < -0.4 is 0 Å². The molecule has 2 aromatic rings. The van der Waals surface area contributed by atoms with Crippen molar-refractivity contribution in [2.24, 2.45) is 0 Å². The molecule has 2 heterocycles. The largest absolute Gasteiger partial charge is 0.220 e. The summed E-state index contributed by atoms with van der Waals surface area (Å²) in [6.07, 6.45) is 0.954. The van der Waals surface area contributed by atoms with Gasteiger partial charge in [-0.2, -0.15) is 0 Å². The van der Waals surface area contributed by atoms with Gasteiger partial charge < -0.3 is 0 Å². The minimum atomic E-state index is 0.203. The first-order valence-corrected chi connectivity index (χ1v) is 6.14. The molecular weight excluding hydrogens is 232 g/mol. The van der Waals surface area contributed by atoms with Crippen molar-refractivity contribution in [1.29, 1.82) is 0 Å². The molecule has 0 spiro atoms. The van der Waals surface area contributed by atoms with Gasteiger partial charge in [0.2, 0.25) is 0 Å². The molecule has 80 valence electrons. The van der Waals surface area contributed by atoms with E-state index in [-0.39, 0.29) is 6.04 Å². The summed E-state index contributed by atoms with van der Waals surface area (Å²) in [7, 11) is 0. The summed E-state index contributed by atoms with van der Waals surface area (Å²) >= 11 is 7.49. The Kier molecular flexibility index (Phi) is 3.33. The van der Waals surface area contributed by atoms with Crippen LogP contribution in [-0.4, -0.2) is 20.2 Å². The second kappa shape index (κ2) is 4.72. The van der Waals surface area contributed by atoms with Crippen LogP contribution in [0.3, 0.4) is 0 Å². The van der Waals surface area contributed by atoms with Crippen molar-refractivity contribution >= 4 is 22.9 Å². The third-order valence-corrected chi connectivity index (χ3v) is 3.45. The Morgan fingerprint density at radius 3 is 3.07 bits per heavy atom. The molecule has 0 aliphatic rings. The Morgan fingerprint density at radius 2 is 2.47 bits per heavy atom. The van der Waals surface area contributed by atoms with Crippen molar-refractivity contribution in [3.63, 3.8) is 0 Å². The van der Waals surface area contributed by atoms with Gasteiger partial charge in [0.1, 0.15) is 0 Å². The Labute approximate surface area is 96.9 Å². The van der Waals surface area contributed by atoms with Crippen LogP contribution in [0.4, 0.5) is 0 Å². The average Bonchev–Trinajstić information content (AvgIpc) is 2.89. The van der Waals surface area contributed by atoms with Crippen LogP contribution in [-0.2, 0) is 5.88 Å². The van der Waals surface area contributed by atoms with E-state index in [9.17, 15) is 0 Å². The van der Waals surface area contributed by atoms with Gasteiger partial charge in [0, 0.05) is 4.88 Å². The fourth-order valence-electron chi connectivity index (χ4n) is 1.52. The van der Waals surface area contributed by atoms with Crippen molar-refractivity contribution in [3.8, 4) is 0 Å². The zero-order valence-corrected chi connectivity index (χ0v) is 9.87. The lowest BCUT2D eigenvalue weighted by atomic mass is 10.2. The number of halogens is 1. The fourth-order valence-corrected chi connectivity index (χ4v) is 2.59. The number of nitrogens with zero attached hydrogens (tertiary/aromatic N) is 4. The van der Waals surface area contributed by atoms with E-state index in [1.807, 2.05) is 6.07 Å². The molecule has 1 unspecified atom stereocenters. The highest BCUT2D eigenvalue weighted by Crippen LogP contribution is 2.26. The predicted octanol–water partition coefficient (Wildman–Crippen LogP) is 2.47. The molecule has 1 atom stereocenters. The van der Waals surface area contributed by atoms with Crippen molar-refractivity contribution in [2.75, 3.05) is 0 Å². The third-order valence-electron chi connectivity index (χ3n) is 2.23. The second-order valence-electron chi connectivity index (χ2n) is 3.11. The van der Waals surface area contributed by atoms with Crippen LogP contribution >= 0.6 is 22.9 Å². The molecule has 0 bridgehead atoms. The SMILES string of the molecule is CCC(c1cccs1)n1nnnc1CCl. The lowest BCUT2D eigenvalue weighted by Gasteiger charge is -2.13. The van der Waals surface area contributed by atoms with E-state index < -0.39 is 0 Å². The van der Waals surface area contributed by atoms with Crippen molar-refractivity contribution in [2.45, 2.75) is 25.3 Å². The number of hydrogen-bond acceptors (Lipinski definition) is 4. The highest BCUT2D eigenvalue weighted by molar-refractivity contribution is 7.10. The molecule has 0 fully saturated rings. The maximum absolute atomic E-state index is 5.78. The summed E-state index contributed by atoms with van der Waals surface area (Å²) < 4.78 is 1.80. The monoisotopic (exact) mass is 242 g/mol.